The number of nitrogens with one attached hydrogen (secondary N) is 2. The van der Waals surface area contributed by atoms with Gasteiger partial charge in [-0.2, -0.15) is 5.26 Å². The molecule has 3 aromatic carbocycles. The molecule has 2 amide bonds. The van der Waals surface area contributed by atoms with Crippen LogP contribution in [0.2, 0.25) is 0 Å². The van der Waals surface area contributed by atoms with Crippen LogP contribution in [0.1, 0.15) is 42.3 Å². The fourth-order valence-corrected chi connectivity index (χ4v) is 2.98. The molecule has 0 saturated heterocycles. The normalized spacial score (nSPS) is 10.7. The Hall–Kier alpha value is -4.11. The van der Waals surface area contributed by atoms with E-state index in [0.717, 1.165) is 5.56 Å². The first kappa shape index (κ1) is 22.6. The molecule has 32 heavy (non-hydrogen) atoms. The van der Waals surface area contributed by atoms with Gasteiger partial charge in [0.15, 0.2) is 6.61 Å². The summed E-state index contributed by atoms with van der Waals surface area (Å²) in [5, 5.41) is 14.4. The van der Waals surface area contributed by atoms with Crippen LogP contribution >= 0.6 is 0 Å². The number of carbonyl (C=O) groups excluding carboxylic acids is 2. The largest absolute Gasteiger partial charge is 0.484 e. The molecule has 3 rings (SSSR count). The van der Waals surface area contributed by atoms with Crippen molar-refractivity contribution in [3.05, 3.63) is 89.5 Å². The van der Waals surface area contributed by atoms with Crippen molar-refractivity contribution >= 4 is 23.2 Å². The number of rotatable bonds is 6. The molecule has 6 nitrogen and oxygen atoms in total. The lowest BCUT2D eigenvalue weighted by Gasteiger charge is -2.19. The quantitative estimate of drug-likeness (QED) is 0.571. The van der Waals surface area contributed by atoms with Gasteiger partial charge in [0.05, 0.1) is 23.0 Å². The van der Waals surface area contributed by atoms with E-state index >= 15 is 0 Å². The maximum Gasteiger partial charge on any atom is 0.262 e. The predicted molar refractivity (Wildman–Crippen MR) is 125 cm³/mol. The molecule has 0 atom stereocenters. The topological polar surface area (TPSA) is 91.2 Å². The van der Waals surface area contributed by atoms with Crippen LogP contribution in [0, 0.1) is 11.3 Å². The second kappa shape index (κ2) is 9.80. The number of nitrogens with zero attached hydrogens (tertiary/aromatic N) is 1. The van der Waals surface area contributed by atoms with Crippen molar-refractivity contribution in [3.63, 3.8) is 0 Å². The Labute approximate surface area is 187 Å². The number of benzene rings is 3. The SMILES string of the molecule is CC(C)(C)c1ccc(C(=O)Nc2ccccc2NC(=O)COc2ccc(C#N)cc2)cc1. The van der Waals surface area contributed by atoms with Gasteiger partial charge in [0.25, 0.3) is 11.8 Å². The maximum atomic E-state index is 12.7. The Balaban J connectivity index is 1.63. The number of nitriles is 1. The highest BCUT2D eigenvalue weighted by Crippen LogP contribution is 2.24. The summed E-state index contributed by atoms with van der Waals surface area (Å²) in [4.78, 5) is 25.1. The second-order valence-corrected chi connectivity index (χ2v) is 8.30. The summed E-state index contributed by atoms with van der Waals surface area (Å²) in [5.41, 5.74) is 3.16. The molecule has 0 unspecified atom stereocenters. The van der Waals surface area contributed by atoms with Gasteiger partial charge in [-0.25, -0.2) is 0 Å². The highest BCUT2D eigenvalue weighted by atomic mass is 16.5. The van der Waals surface area contributed by atoms with Gasteiger partial charge in [0, 0.05) is 5.56 Å². The minimum atomic E-state index is -0.370. The van der Waals surface area contributed by atoms with E-state index in [-0.39, 0.29) is 23.8 Å². The maximum absolute atomic E-state index is 12.7. The van der Waals surface area contributed by atoms with Crippen LogP contribution in [0.4, 0.5) is 11.4 Å². The molecule has 0 saturated carbocycles. The summed E-state index contributed by atoms with van der Waals surface area (Å²) in [6.45, 7) is 6.15. The smallest absolute Gasteiger partial charge is 0.262 e. The first-order valence-corrected chi connectivity index (χ1v) is 10.2. The molecule has 6 heteroatoms. The van der Waals surface area contributed by atoms with E-state index in [1.165, 1.54) is 0 Å². The van der Waals surface area contributed by atoms with E-state index < -0.39 is 0 Å². The molecule has 0 aliphatic rings. The third-order valence-electron chi connectivity index (χ3n) is 4.82. The summed E-state index contributed by atoms with van der Waals surface area (Å²) in [5.74, 6) is -0.147. The summed E-state index contributed by atoms with van der Waals surface area (Å²) >= 11 is 0. The fraction of sp³-hybridized carbons (Fsp3) is 0.192. The average molecular weight is 428 g/mol. The molecule has 0 spiro atoms. The molecule has 0 bridgehead atoms. The zero-order valence-corrected chi connectivity index (χ0v) is 18.3. The minimum Gasteiger partial charge on any atom is -0.484 e. The zero-order valence-electron chi connectivity index (χ0n) is 18.3. The number of anilines is 2. The van der Waals surface area contributed by atoms with E-state index in [4.69, 9.17) is 10.00 Å². The van der Waals surface area contributed by atoms with Gasteiger partial charge in [-0.15, -0.1) is 0 Å². The summed E-state index contributed by atoms with van der Waals surface area (Å²) < 4.78 is 5.46. The Morgan fingerprint density at radius 2 is 1.47 bits per heavy atom. The zero-order chi connectivity index (χ0) is 23.1. The van der Waals surface area contributed by atoms with Gasteiger partial charge in [-0.05, 0) is 59.5 Å². The van der Waals surface area contributed by atoms with Crippen LogP contribution in [0.15, 0.2) is 72.8 Å². The van der Waals surface area contributed by atoms with Gasteiger partial charge in [-0.3, -0.25) is 9.59 Å². The Morgan fingerprint density at radius 3 is 2.03 bits per heavy atom. The molecule has 0 fully saturated rings. The third kappa shape index (κ3) is 5.96. The number of hydrogen-bond donors (Lipinski definition) is 2. The number of hydrogen-bond acceptors (Lipinski definition) is 4. The Morgan fingerprint density at radius 1 is 0.875 bits per heavy atom. The average Bonchev–Trinajstić information content (AvgIpc) is 2.79. The Kier molecular flexibility index (Phi) is 6.91. The molecule has 162 valence electrons. The fourth-order valence-electron chi connectivity index (χ4n) is 2.98. The highest BCUT2D eigenvalue weighted by molar-refractivity contribution is 6.07. The van der Waals surface area contributed by atoms with Crippen LogP contribution < -0.4 is 15.4 Å². The van der Waals surface area contributed by atoms with Crippen LogP contribution in [0.5, 0.6) is 5.75 Å². The van der Waals surface area contributed by atoms with E-state index in [0.29, 0.717) is 28.3 Å². The van der Waals surface area contributed by atoms with Gasteiger partial charge in [-0.1, -0.05) is 45.0 Å². The van der Waals surface area contributed by atoms with Gasteiger partial charge < -0.3 is 15.4 Å². The first-order valence-electron chi connectivity index (χ1n) is 10.2. The molecule has 0 aromatic heterocycles. The Bertz CT molecular complexity index is 1140. The van der Waals surface area contributed by atoms with Gasteiger partial charge in [0.2, 0.25) is 0 Å². The first-order chi connectivity index (χ1) is 15.3. The number of carbonyl (C=O) groups is 2. The van der Waals surface area contributed by atoms with Crippen LogP contribution in [0.25, 0.3) is 0 Å². The van der Waals surface area contributed by atoms with Crippen LogP contribution in [-0.2, 0) is 10.2 Å². The summed E-state index contributed by atoms with van der Waals surface area (Å²) in [6, 6.07) is 23.0. The molecule has 0 aliphatic carbocycles. The number of para-hydroxylation sites is 2. The van der Waals surface area contributed by atoms with E-state index in [9.17, 15) is 9.59 Å². The molecule has 2 N–H and O–H groups in total. The van der Waals surface area contributed by atoms with Crippen molar-refractivity contribution in [2.45, 2.75) is 26.2 Å². The molecule has 0 radical (unpaired) electrons. The molecule has 0 heterocycles. The standard InChI is InChI=1S/C26H25N3O3/c1-26(2,3)20-12-10-19(11-13-20)25(31)29-23-7-5-4-6-22(23)28-24(30)17-32-21-14-8-18(16-27)9-15-21/h4-15H,17H2,1-3H3,(H,28,30)(H,29,31). The predicted octanol–water partition coefficient (Wildman–Crippen LogP) is 5.13. The van der Waals surface area contributed by atoms with Gasteiger partial charge >= 0.3 is 0 Å². The highest BCUT2D eigenvalue weighted by Gasteiger charge is 2.15. The van der Waals surface area contributed by atoms with Gasteiger partial charge in [0.1, 0.15) is 5.75 Å². The van der Waals surface area contributed by atoms with Crippen LogP contribution in [0.3, 0.4) is 0 Å². The van der Waals surface area contributed by atoms with E-state index in [1.54, 1.807) is 60.7 Å². The molecule has 0 aliphatic heterocycles. The molecular weight excluding hydrogens is 402 g/mol. The lowest BCUT2D eigenvalue weighted by Crippen LogP contribution is -2.21. The second-order valence-electron chi connectivity index (χ2n) is 8.30. The van der Waals surface area contributed by atoms with Crippen molar-refractivity contribution in [2.24, 2.45) is 0 Å². The van der Waals surface area contributed by atoms with Crippen molar-refractivity contribution in [1.29, 1.82) is 5.26 Å². The number of ether oxygens (including phenoxy) is 1. The third-order valence-corrected chi connectivity index (χ3v) is 4.82. The monoisotopic (exact) mass is 427 g/mol. The minimum absolute atomic E-state index is 0.00567. The van der Waals surface area contributed by atoms with Crippen LogP contribution in [-0.4, -0.2) is 18.4 Å². The summed E-state index contributed by atoms with van der Waals surface area (Å²) in [6.07, 6.45) is 0. The summed E-state index contributed by atoms with van der Waals surface area (Å²) in [7, 11) is 0. The lowest BCUT2D eigenvalue weighted by molar-refractivity contribution is -0.118. The molecule has 3 aromatic rings. The van der Waals surface area contributed by atoms with Crippen molar-refractivity contribution in [3.8, 4) is 11.8 Å². The van der Waals surface area contributed by atoms with Crippen molar-refractivity contribution in [1.82, 2.24) is 0 Å². The lowest BCUT2D eigenvalue weighted by atomic mass is 9.87. The number of amides is 2. The van der Waals surface area contributed by atoms with Crippen molar-refractivity contribution < 1.29 is 14.3 Å². The van der Waals surface area contributed by atoms with E-state index in [1.807, 2.05) is 18.2 Å². The van der Waals surface area contributed by atoms with E-state index in [2.05, 4.69) is 31.4 Å². The molecular formula is C26H25N3O3. The van der Waals surface area contributed by atoms with Crippen molar-refractivity contribution in [2.75, 3.05) is 17.2 Å².